The molecular formula is C13H26N2O2S. The van der Waals surface area contributed by atoms with Crippen molar-refractivity contribution in [3.8, 4) is 0 Å². The van der Waals surface area contributed by atoms with Gasteiger partial charge in [0.15, 0.2) is 0 Å². The van der Waals surface area contributed by atoms with Crippen molar-refractivity contribution >= 4 is 11.0 Å². The molecule has 2 aliphatic heterocycles. The molecule has 18 heavy (non-hydrogen) atoms. The van der Waals surface area contributed by atoms with Crippen LogP contribution in [-0.2, 0) is 15.7 Å². The molecule has 0 bridgehead atoms. The first-order valence-corrected chi connectivity index (χ1v) is 8.00. The molecule has 0 aliphatic carbocycles. The normalized spacial score (nSPS) is 33.8. The van der Waals surface area contributed by atoms with Crippen LogP contribution in [0, 0.1) is 5.41 Å². The molecule has 2 aliphatic rings. The van der Waals surface area contributed by atoms with Gasteiger partial charge < -0.3 is 10.1 Å². The Morgan fingerprint density at radius 3 is 2.50 bits per heavy atom. The van der Waals surface area contributed by atoms with Crippen LogP contribution >= 0.6 is 0 Å². The maximum atomic E-state index is 12.3. The Balaban J connectivity index is 2.10. The van der Waals surface area contributed by atoms with E-state index in [0.717, 1.165) is 32.5 Å². The summed E-state index contributed by atoms with van der Waals surface area (Å²) in [5, 5.41) is 3.40. The van der Waals surface area contributed by atoms with Crippen molar-refractivity contribution in [1.82, 2.24) is 10.0 Å². The van der Waals surface area contributed by atoms with E-state index in [2.05, 4.69) is 17.0 Å². The third-order valence-electron chi connectivity index (χ3n) is 4.15. The average Bonchev–Trinajstić information content (AvgIpc) is 2.58. The fourth-order valence-electron chi connectivity index (χ4n) is 2.87. The Labute approximate surface area is 113 Å². The van der Waals surface area contributed by atoms with Crippen LogP contribution in [0.4, 0.5) is 0 Å². The molecule has 0 saturated carbocycles. The van der Waals surface area contributed by atoms with Crippen LogP contribution in [0.3, 0.4) is 0 Å². The number of nitrogens with one attached hydrogen (secondary N) is 2. The van der Waals surface area contributed by atoms with Crippen LogP contribution in [0.15, 0.2) is 0 Å². The van der Waals surface area contributed by atoms with Crippen molar-refractivity contribution in [2.75, 3.05) is 19.7 Å². The standard InChI is InChI=1S/C13H26N2O2S/c1-10-11(15-18(16)12(2,3)4)13(9-17-10)5-7-14-8-6-13/h10-11,14-15H,5-9H2,1-4H3/t10-,11+,18?/m0/s1. The second kappa shape index (κ2) is 5.19. The topological polar surface area (TPSA) is 50.4 Å². The molecular weight excluding hydrogens is 248 g/mol. The first kappa shape index (κ1) is 14.4. The summed E-state index contributed by atoms with van der Waals surface area (Å²) < 4.78 is 21.3. The minimum Gasteiger partial charge on any atom is -0.376 e. The maximum Gasteiger partial charge on any atom is 0.0973 e. The summed E-state index contributed by atoms with van der Waals surface area (Å²) in [7, 11) is -1.03. The van der Waals surface area contributed by atoms with Crippen molar-refractivity contribution in [1.29, 1.82) is 0 Å². The Kier molecular flexibility index (Phi) is 4.17. The largest absolute Gasteiger partial charge is 0.376 e. The molecule has 3 atom stereocenters. The van der Waals surface area contributed by atoms with Gasteiger partial charge in [-0.3, -0.25) is 0 Å². The third kappa shape index (κ3) is 2.79. The van der Waals surface area contributed by atoms with Gasteiger partial charge in [0.05, 0.1) is 34.5 Å². The van der Waals surface area contributed by atoms with Crippen molar-refractivity contribution in [3.63, 3.8) is 0 Å². The van der Waals surface area contributed by atoms with E-state index >= 15 is 0 Å². The van der Waals surface area contributed by atoms with Crippen LogP contribution in [0.1, 0.15) is 40.5 Å². The Morgan fingerprint density at radius 2 is 1.94 bits per heavy atom. The molecule has 0 aromatic carbocycles. The zero-order chi connectivity index (χ0) is 13.4. The molecule has 5 heteroatoms. The zero-order valence-electron chi connectivity index (χ0n) is 11.9. The van der Waals surface area contributed by atoms with E-state index in [9.17, 15) is 4.21 Å². The minimum absolute atomic E-state index is 0.148. The smallest absolute Gasteiger partial charge is 0.0973 e. The lowest BCUT2D eigenvalue weighted by atomic mass is 9.74. The maximum absolute atomic E-state index is 12.3. The van der Waals surface area contributed by atoms with Crippen molar-refractivity contribution in [2.24, 2.45) is 5.41 Å². The van der Waals surface area contributed by atoms with Gasteiger partial charge in [0, 0.05) is 5.41 Å². The molecule has 1 spiro atoms. The van der Waals surface area contributed by atoms with Gasteiger partial charge in [-0.05, 0) is 53.6 Å². The monoisotopic (exact) mass is 274 g/mol. The molecule has 1 unspecified atom stereocenters. The summed E-state index contributed by atoms with van der Waals surface area (Å²) in [6.07, 6.45) is 2.36. The van der Waals surface area contributed by atoms with Crippen LogP contribution < -0.4 is 10.0 Å². The van der Waals surface area contributed by atoms with Gasteiger partial charge in [0.1, 0.15) is 0 Å². The van der Waals surface area contributed by atoms with Gasteiger partial charge in [-0.25, -0.2) is 8.93 Å². The quantitative estimate of drug-likeness (QED) is 0.795. The van der Waals surface area contributed by atoms with E-state index < -0.39 is 11.0 Å². The third-order valence-corrected chi connectivity index (χ3v) is 5.73. The fraction of sp³-hybridized carbons (Fsp3) is 1.00. The highest BCUT2D eigenvalue weighted by molar-refractivity contribution is 7.84. The van der Waals surface area contributed by atoms with Gasteiger partial charge in [-0.2, -0.15) is 0 Å². The summed E-state index contributed by atoms with van der Waals surface area (Å²) in [4.78, 5) is 0. The van der Waals surface area contributed by atoms with Crippen molar-refractivity contribution < 1.29 is 8.95 Å². The van der Waals surface area contributed by atoms with E-state index in [0.29, 0.717) is 0 Å². The molecule has 4 nitrogen and oxygen atoms in total. The summed E-state index contributed by atoms with van der Waals surface area (Å²) in [6.45, 7) is 11.0. The lowest BCUT2D eigenvalue weighted by Gasteiger charge is -2.39. The second-order valence-electron chi connectivity index (χ2n) is 6.61. The van der Waals surface area contributed by atoms with Crippen molar-refractivity contribution in [2.45, 2.75) is 57.4 Å². The molecule has 106 valence electrons. The number of rotatable bonds is 2. The molecule has 0 amide bonds. The van der Waals surface area contributed by atoms with Gasteiger partial charge in [-0.15, -0.1) is 0 Å². The SMILES string of the molecule is C[C@@H]1OCC2(CCNCC2)[C@@H]1NS(=O)C(C)(C)C. The highest BCUT2D eigenvalue weighted by Crippen LogP contribution is 2.41. The Morgan fingerprint density at radius 1 is 1.33 bits per heavy atom. The summed E-state index contributed by atoms with van der Waals surface area (Å²) in [5.74, 6) is 0. The molecule has 2 heterocycles. The van der Waals surface area contributed by atoms with E-state index in [4.69, 9.17) is 4.74 Å². The molecule has 2 fully saturated rings. The zero-order valence-corrected chi connectivity index (χ0v) is 12.7. The van der Waals surface area contributed by atoms with Crippen LogP contribution in [0.25, 0.3) is 0 Å². The van der Waals surface area contributed by atoms with Crippen LogP contribution in [-0.4, -0.2) is 40.8 Å². The van der Waals surface area contributed by atoms with Gasteiger partial charge in [-0.1, -0.05) is 0 Å². The minimum atomic E-state index is -1.03. The predicted octanol–water partition coefficient (Wildman–Crippen LogP) is 1.20. The van der Waals surface area contributed by atoms with E-state index in [-0.39, 0.29) is 22.3 Å². The van der Waals surface area contributed by atoms with Gasteiger partial charge in [0.2, 0.25) is 0 Å². The number of ether oxygens (including phenoxy) is 1. The molecule has 0 aromatic rings. The first-order valence-electron chi connectivity index (χ1n) is 6.86. The number of hydrogen-bond donors (Lipinski definition) is 2. The summed E-state index contributed by atoms with van der Waals surface area (Å²) in [6, 6.07) is 0.208. The molecule has 2 N–H and O–H groups in total. The van der Waals surface area contributed by atoms with Crippen molar-refractivity contribution in [3.05, 3.63) is 0 Å². The molecule has 0 radical (unpaired) electrons. The first-order chi connectivity index (χ1) is 8.35. The summed E-state index contributed by atoms with van der Waals surface area (Å²) >= 11 is 0. The Hall–Kier alpha value is 0.0300. The van der Waals surface area contributed by atoms with Crippen LogP contribution in [0.5, 0.6) is 0 Å². The highest BCUT2D eigenvalue weighted by Gasteiger charge is 2.49. The van der Waals surface area contributed by atoms with Crippen LogP contribution in [0.2, 0.25) is 0 Å². The lowest BCUT2D eigenvalue weighted by molar-refractivity contribution is 0.0951. The van der Waals surface area contributed by atoms with E-state index in [1.165, 1.54) is 0 Å². The molecule has 0 aromatic heterocycles. The molecule has 2 saturated heterocycles. The van der Waals surface area contributed by atoms with E-state index in [1.54, 1.807) is 0 Å². The second-order valence-corrected chi connectivity index (χ2v) is 8.60. The molecule has 2 rings (SSSR count). The Bertz CT molecular complexity index is 316. The number of piperidine rings is 1. The van der Waals surface area contributed by atoms with Gasteiger partial charge >= 0.3 is 0 Å². The van der Waals surface area contributed by atoms with E-state index in [1.807, 2.05) is 20.8 Å². The fourth-order valence-corrected chi connectivity index (χ4v) is 3.90. The van der Waals surface area contributed by atoms with Gasteiger partial charge in [0.25, 0.3) is 0 Å². The number of hydrogen-bond acceptors (Lipinski definition) is 3. The predicted molar refractivity (Wildman–Crippen MR) is 74.8 cm³/mol. The lowest BCUT2D eigenvalue weighted by Crippen LogP contribution is -2.54. The highest BCUT2D eigenvalue weighted by atomic mass is 32.2. The summed E-state index contributed by atoms with van der Waals surface area (Å²) in [5.41, 5.74) is 0.172. The average molecular weight is 274 g/mol.